The summed E-state index contributed by atoms with van der Waals surface area (Å²) < 4.78 is 12.1. The van der Waals surface area contributed by atoms with Crippen LogP contribution >= 0.6 is 0 Å². The van der Waals surface area contributed by atoms with E-state index in [-0.39, 0.29) is 11.3 Å². The van der Waals surface area contributed by atoms with Crippen LogP contribution in [-0.4, -0.2) is 41.0 Å². The molecule has 0 saturated carbocycles. The quantitative estimate of drug-likeness (QED) is 0.481. The number of hydrogen-bond acceptors (Lipinski definition) is 6. The topological polar surface area (TPSA) is 115 Å². The van der Waals surface area contributed by atoms with Crippen LogP contribution in [-0.2, 0) is 4.79 Å². The van der Waals surface area contributed by atoms with Gasteiger partial charge in [-0.15, -0.1) is 0 Å². The second-order valence-electron chi connectivity index (χ2n) is 8.15. The minimum atomic E-state index is -1.12. The Hall–Kier alpha value is -4.27. The number of anilines is 2. The highest BCUT2D eigenvalue weighted by Crippen LogP contribution is 2.34. The molecule has 1 aliphatic heterocycles. The van der Waals surface area contributed by atoms with Gasteiger partial charge in [-0.2, -0.15) is 5.10 Å². The third-order valence-corrected chi connectivity index (χ3v) is 5.70. The lowest BCUT2D eigenvalue weighted by Crippen LogP contribution is -2.25. The fourth-order valence-electron chi connectivity index (χ4n) is 3.81. The van der Waals surface area contributed by atoms with E-state index in [1.807, 2.05) is 24.3 Å². The zero-order valence-electron chi connectivity index (χ0n) is 19.3. The summed E-state index contributed by atoms with van der Waals surface area (Å²) in [5, 5.41) is 19.7. The fraction of sp³-hybridized carbons (Fsp3) is 0.240. The third kappa shape index (κ3) is 4.32. The molecule has 4 rings (SSSR count). The number of nitrogens with zero attached hydrogens (tertiary/aromatic N) is 2. The van der Waals surface area contributed by atoms with Gasteiger partial charge in [0.05, 0.1) is 26.5 Å². The molecule has 0 fully saturated rings. The number of carbonyl (C=O) groups is 2. The molecule has 2 heterocycles. The van der Waals surface area contributed by atoms with Crippen LogP contribution in [0.5, 0.6) is 11.5 Å². The molecule has 0 radical (unpaired) electrons. The average molecular weight is 463 g/mol. The molecule has 0 saturated heterocycles. The maximum atomic E-state index is 13.1. The molecule has 1 atom stereocenters. The van der Waals surface area contributed by atoms with E-state index < -0.39 is 17.9 Å². The van der Waals surface area contributed by atoms with Crippen molar-refractivity contribution in [2.45, 2.75) is 25.8 Å². The van der Waals surface area contributed by atoms with Crippen molar-refractivity contribution in [2.75, 3.05) is 24.9 Å². The van der Waals surface area contributed by atoms with E-state index in [1.165, 1.54) is 26.0 Å². The Bertz CT molecular complexity index is 1260. The van der Waals surface area contributed by atoms with E-state index in [9.17, 15) is 14.7 Å². The largest absolute Gasteiger partial charge is 0.493 e. The van der Waals surface area contributed by atoms with Gasteiger partial charge in [0.1, 0.15) is 17.1 Å². The Labute approximate surface area is 197 Å². The molecule has 0 unspecified atom stereocenters. The summed E-state index contributed by atoms with van der Waals surface area (Å²) in [5.41, 5.74) is 2.72. The minimum Gasteiger partial charge on any atom is -0.493 e. The lowest BCUT2D eigenvalue weighted by atomic mass is 9.98. The first kappa shape index (κ1) is 22.9. The van der Waals surface area contributed by atoms with Gasteiger partial charge in [0.2, 0.25) is 0 Å². The van der Waals surface area contributed by atoms with Gasteiger partial charge in [-0.3, -0.25) is 4.79 Å². The number of benzene rings is 2. The lowest BCUT2D eigenvalue weighted by Gasteiger charge is -2.24. The van der Waals surface area contributed by atoms with Gasteiger partial charge in [-0.05, 0) is 35.3 Å². The number of rotatable bonds is 7. The third-order valence-electron chi connectivity index (χ3n) is 5.70. The predicted octanol–water partition coefficient (Wildman–Crippen LogP) is 4.26. The van der Waals surface area contributed by atoms with Crippen LogP contribution in [0, 0.1) is 0 Å². The molecule has 9 nitrogen and oxygen atoms in total. The zero-order chi connectivity index (χ0) is 24.4. The first-order chi connectivity index (χ1) is 16.3. The van der Waals surface area contributed by atoms with E-state index in [1.54, 1.807) is 29.0 Å². The number of aromatic nitrogens is 2. The summed E-state index contributed by atoms with van der Waals surface area (Å²) in [4.78, 5) is 24.9. The molecule has 176 valence electrons. The van der Waals surface area contributed by atoms with Crippen LogP contribution in [0.4, 0.5) is 11.5 Å². The highest BCUT2D eigenvalue weighted by atomic mass is 16.5. The molecule has 1 aromatic heterocycles. The molecule has 0 spiro atoms. The number of carbonyl (C=O) groups excluding carboxylic acids is 1. The number of carboxylic acids is 1. The molecule has 1 aliphatic rings. The van der Waals surface area contributed by atoms with Crippen molar-refractivity contribution >= 4 is 23.4 Å². The molecule has 3 N–H and O–H groups in total. The van der Waals surface area contributed by atoms with Crippen molar-refractivity contribution in [2.24, 2.45) is 0 Å². The average Bonchev–Trinajstić information content (AvgIpc) is 3.27. The van der Waals surface area contributed by atoms with Crippen molar-refractivity contribution in [3.63, 3.8) is 0 Å². The Morgan fingerprint density at radius 1 is 1.09 bits per heavy atom. The van der Waals surface area contributed by atoms with Crippen LogP contribution in [0.3, 0.4) is 0 Å². The summed E-state index contributed by atoms with van der Waals surface area (Å²) in [6.07, 6.45) is 3.01. The summed E-state index contributed by atoms with van der Waals surface area (Å²) >= 11 is 0. The molecule has 34 heavy (non-hydrogen) atoms. The normalized spacial score (nSPS) is 14.6. The number of allylic oxidation sites excluding steroid dienone is 1. The Kier molecular flexibility index (Phi) is 6.27. The molecular weight excluding hydrogens is 436 g/mol. The van der Waals surface area contributed by atoms with Crippen molar-refractivity contribution in [3.8, 4) is 11.5 Å². The van der Waals surface area contributed by atoms with E-state index >= 15 is 0 Å². The smallest absolute Gasteiger partial charge is 0.352 e. The number of ether oxygens (including phenoxy) is 2. The van der Waals surface area contributed by atoms with E-state index in [0.717, 1.165) is 5.56 Å². The first-order valence-corrected chi connectivity index (χ1v) is 10.7. The highest BCUT2D eigenvalue weighted by molar-refractivity contribution is 6.08. The van der Waals surface area contributed by atoms with Crippen LogP contribution in [0.15, 0.2) is 60.4 Å². The van der Waals surface area contributed by atoms with Gasteiger partial charge in [0.25, 0.3) is 5.91 Å². The number of amides is 1. The standard InChI is InChI=1S/C25H26N4O5/c1-14(2)15-5-7-16(8-6-15)20-12-19(25(31)32)28-23-18(13-26-29(20)23)24(30)27-17-9-10-21(33-3)22(11-17)34-4/h5-14,20,28H,1-4H3,(H,27,30)(H,31,32)/t20-/m0/s1. The van der Waals surface area contributed by atoms with Gasteiger partial charge in [0.15, 0.2) is 11.5 Å². The lowest BCUT2D eigenvalue weighted by molar-refractivity contribution is -0.132. The summed E-state index contributed by atoms with van der Waals surface area (Å²) in [5.74, 6) is 0.114. The van der Waals surface area contributed by atoms with E-state index in [4.69, 9.17) is 9.47 Å². The molecule has 9 heteroatoms. The van der Waals surface area contributed by atoms with Gasteiger partial charge >= 0.3 is 5.97 Å². The molecule has 1 amide bonds. The molecular formula is C25H26N4O5. The monoisotopic (exact) mass is 462 g/mol. The van der Waals surface area contributed by atoms with Crippen LogP contribution in [0.1, 0.15) is 47.3 Å². The second-order valence-corrected chi connectivity index (χ2v) is 8.15. The number of aliphatic carboxylic acids is 1. The maximum Gasteiger partial charge on any atom is 0.352 e. The van der Waals surface area contributed by atoms with Crippen LogP contribution < -0.4 is 20.1 Å². The van der Waals surface area contributed by atoms with Gasteiger partial charge in [-0.25, -0.2) is 9.48 Å². The van der Waals surface area contributed by atoms with Crippen molar-refractivity contribution < 1.29 is 24.2 Å². The van der Waals surface area contributed by atoms with Crippen molar-refractivity contribution in [1.82, 2.24) is 9.78 Å². The second kappa shape index (κ2) is 9.30. The molecule has 0 aliphatic carbocycles. The van der Waals surface area contributed by atoms with Crippen molar-refractivity contribution in [3.05, 3.63) is 77.1 Å². The minimum absolute atomic E-state index is 0.0221. The summed E-state index contributed by atoms with van der Waals surface area (Å²) in [6.45, 7) is 4.22. The van der Waals surface area contributed by atoms with Crippen molar-refractivity contribution in [1.29, 1.82) is 0 Å². The molecule has 0 bridgehead atoms. The molecule has 2 aromatic carbocycles. The zero-order valence-corrected chi connectivity index (χ0v) is 19.3. The summed E-state index contributed by atoms with van der Waals surface area (Å²) in [6, 6.07) is 12.5. The number of nitrogens with one attached hydrogen (secondary N) is 2. The number of methoxy groups -OCH3 is 2. The number of carboxylic acid groups (broad SMARTS) is 1. The van der Waals surface area contributed by atoms with Crippen LogP contribution in [0.2, 0.25) is 0 Å². The van der Waals surface area contributed by atoms with Gasteiger partial charge in [0, 0.05) is 11.8 Å². The molecule has 3 aromatic rings. The highest BCUT2D eigenvalue weighted by Gasteiger charge is 2.29. The SMILES string of the molecule is COc1ccc(NC(=O)c2cnn3c2NC(C(=O)O)=C[C@H]3c2ccc(C(C)C)cc2)cc1OC. The number of hydrogen-bond donors (Lipinski definition) is 3. The predicted molar refractivity (Wildman–Crippen MR) is 128 cm³/mol. The van der Waals surface area contributed by atoms with Gasteiger partial charge < -0.3 is 25.2 Å². The maximum absolute atomic E-state index is 13.1. The Morgan fingerprint density at radius 2 is 1.79 bits per heavy atom. The number of fused-ring (bicyclic) bond motifs is 1. The Morgan fingerprint density at radius 3 is 2.41 bits per heavy atom. The Balaban J connectivity index is 1.67. The summed E-state index contributed by atoms with van der Waals surface area (Å²) in [7, 11) is 3.04. The first-order valence-electron chi connectivity index (χ1n) is 10.7. The fourth-order valence-corrected chi connectivity index (χ4v) is 3.81. The van der Waals surface area contributed by atoms with Gasteiger partial charge in [-0.1, -0.05) is 38.1 Å². The van der Waals surface area contributed by atoms with E-state index in [0.29, 0.717) is 28.9 Å². The van der Waals surface area contributed by atoms with E-state index in [2.05, 4.69) is 29.6 Å². The van der Waals surface area contributed by atoms with Crippen LogP contribution in [0.25, 0.3) is 0 Å².